The van der Waals surface area contributed by atoms with Gasteiger partial charge >= 0.3 is 6.09 Å². The lowest BCUT2D eigenvalue weighted by Gasteiger charge is -2.19. The lowest BCUT2D eigenvalue weighted by molar-refractivity contribution is 0.0548. The smallest absolute Gasteiger partial charge is 0.412 e. The van der Waals surface area contributed by atoms with Crippen molar-refractivity contribution in [2.75, 3.05) is 0 Å². The van der Waals surface area contributed by atoms with E-state index in [1.54, 1.807) is 0 Å². The molecule has 122 valence electrons. The zero-order valence-corrected chi connectivity index (χ0v) is 14.4. The molecular weight excluding hydrogens is 266 g/mol. The van der Waals surface area contributed by atoms with Crippen LogP contribution in [0.15, 0.2) is 35.6 Å². The fourth-order valence-electron chi connectivity index (χ4n) is 1.59. The highest BCUT2D eigenvalue weighted by molar-refractivity contribution is 5.70. The minimum atomic E-state index is -0.472. The third-order valence-corrected chi connectivity index (χ3v) is 2.46. The van der Waals surface area contributed by atoms with Crippen LogP contribution in [-0.4, -0.2) is 17.2 Å². The second kappa shape index (κ2) is 10.2. The van der Waals surface area contributed by atoms with Crippen LogP contribution in [0.25, 0.3) is 0 Å². The third-order valence-electron chi connectivity index (χ3n) is 2.46. The first-order valence-electron chi connectivity index (χ1n) is 7.36. The molecule has 0 aromatic rings. The van der Waals surface area contributed by atoms with Crippen molar-refractivity contribution in [3.63, 3.8) is 0 Å². The summed E-state index contributed by atoms with van der Waals surface area (Å²) in [6.07, 6.45) is 8.53. The molecule has 21 heavy (non-hydrogen) atoms. The maximum Gasteiger partial charge on any atom is 0.412 e. The van der Waals surface area contributed by atoms with Gasteiger partial charge in [0.05, 0.1) is 0 Å². The zero-order chi connectivity index (χ0) is 15.8. The SMILES string of the molecule is CC.CC(C)C1=CCC=C(NC(=O)OC(C)(C)C)C=C1.O. The number of carbonyl (C=O) groups is 1. The Morgan fingerprint density at radius 3 is 2.24 bits per heavy atom. The topological polar surface area (TPSA) is 69.8 Å². The Bertz CT molecular complexity index is 399. The van der Waals surface area contributed by atoms with Crippen molar-refractivity contribution in [2.45, 2.75) is 60.5 Å². The standard InChI is InChI=1S/C15H23NO2.C2H6.H2O/c1-11(2)12-7-6-8-13(10-9-12)16-14(17)18-15(3,4)5;1-2;/h7-11H,6H2,1-5H3,(H,16,17);1-2H3;1H2. The maximum absolute atomic E-state index is 11.6. The van der Waals surface area contributed by atoms with Crippen LogP contribution < -0.4 is 5.32 Å². The monoisotopic (exact) mass is 297 g/mol. The summed E-state index contributed by atoms with van der Waals surface area (Å²) < 4.78 is 5.21. The summed E-state index contributed by atoms with van der Waals surface area (Å²) in [6, 6.07) is 0. The summed E-state index contributed by atoms with van der Waals surface area (Å²) in [6.45, 7) is 13.9. The van der Waals surface area contributed by atoms with Crippen molar-refractivity contribution in [2.24, 2.45) is 5.92 Å². The number of ether oxygens (including phenoxy) is 1. The summed E-state index contributed by atoms with van der Waals surface area (Å²) in [7, 11) is 0. The van der Waals surface area contributed by atoms with Crippen LogP contribution in [0, 0.1) is 5.92 Å². The van der Waals surface area contributed by atoms with Crippen molar-refractivity contribution in [1.29, 1.82) is 0 Å². The minimum Gasteiger partial charge on any atom is -0.444 e. The summed E-state index contributed by atoms with van der Waals surface area (Å²) in [5.41, 5.74) is 1.60. The Labute approximate surface area is 129 Å². The maximum atomic E-state index is 11.6. The molecule has 1 amide bonds. The zero-order valence-electron chi connectivity index (χ0n) is 14.4. The summed E-state index contributed by atoms with van der Waals surface area (Å²) in [4.78, 5) is 11.6. The Balaban J connectivity index is 0. The van der Waals surface area contributed by atoms with Crippen molar-refractivity contribution in [3.05, 3.63) is 35.6 Å². The molecule has 1 aliphatic rings. The number of allylic oxidation sites excluding steroid dienone is 5. The van der Waals surface area contributed by atoms with Gasteiger partial charge in [-0.2, -0.15) is 0 Å². The number of carbonyl (C=O) groups excluding carboxylic acids is 1. The molecule has 4 nitrogen and oxygen atoms in total. The Morgan fingerprint density at radius 1 is 1.19 bits per heavy atom. The Morgan fingerprint density at radius 2 is 1.76 bits per heavy atom. The van der Waals surface area contributed by atoms with Gasteiger partial charge in [0.25, 0.3) is 0 Å². The van der Waals surface area contributed by atoms with Gasteiger partial charge in [0, 0.05) is 5.70 Å². The van der Waals surface area contributed by atoms with E-state index in [0.29, 0.717) is 5.92 Å². The van der Waals surface area contributed by atoms with Crippen LogP contribution >= 0.6 is 0 Å². The highest BCUT2D eigenvalue weighted by Gasteiger charge is 2.16. The van der Waals surface area contributed by atoms with Gasteiger partial charge in [0.2, 0.25) is 0 Å². The van der Waals surface area contributed by atoms with E-state index in [2.05, 4.69) is 25.2 Å². The van der Waals surface area contributed by atoms with Gasteiger partial charge in [-0.1, -0.05) is 45.9 Å². The van der Waals surface area contributed by atoms with Crippen LogP contribution in [0.5, 0.6) is 0 Å². The van der Waals surface area contributed by atoms with Crippen molar-refractivity contribution in [1.82, 2.24) is 5.32 Å². The van der Waals surface area contributed by atoms with E-state index >= 15 is 0 Å². The minimum absolute atomic E-state index is 0. The van der Waals surface area contributed by atoms with Gasteiger partial charge in [-0.25, -0.2) is 4.79 Å². The Kier molecular flexibility index (Phi) is 10.6. The number of hydrogen-bond acceptors (Lipinski definition) is 2. The fraction of sp³-hybridized carbons (Fsp3) is 0.588. The predicted octanol–water partition coefficient (Wildman–Crippen LogP) is 4.14. The van der Waals surface area contributed by atoms with Gasteiger partial charge in [0.15, 0.2) is 0 Å². The summed E-state index contributed by atoms with van der Waals surface area (Å²) >= 11 is 0. The van der Waals surface area contributed by atoms with E-state index in [9.17, 15) is 4.79 Å². The van der Waals surface area contributed by atoms with Gasteiger partial charge in [-0.3, -0.25) is 5.32 Å². The number of rotatable bonds is 2. The molecule has 4 heteroatoms. The van der Waals surface area contributed by atoms with E-state index in [4.69, 9.17) is 4.74 Å². The van der Waals surface area contributed by atoms with Crippen LogP contribution in [0.4, 0.5) is 4.79 Å². The lowest BCUT2D eigenvalue weighted by Crippen LogP contribution is -2.31. The molecule has 0 aromatic heterocycles. The highest BCUT2D eigenvalue weighted by atomic mass is 16.6. The number of hydrogen-bond donors (Lipinski definition) is 1. The molecule has 0 atom stereocenters. The van der Waals surface area contributed by atoms with Crippen molar-refractivity contribution in [3.8, 4) is 0 Å². The molecule has 0 aliphatic heterocycles. The van der Waals surface area contributed by atoms with E-state index in [-0.39, 0.29) is 5.48 Å². The molecule has 0 fully saturated rings. The van der Waals surface area contributed by atoms with Crippen LogP contribution in [-0.2, 0) is 4.74 Å². The molecule has 3 N–H and O–H groups in total. The first-order valence-corrected chi connectivity index (χ1v) is 7.36. The molecule has 0 saturated heterocycles. The van der Waals surface area contributed by atoms with Crippen molar-refractivity contribution >= 4 is 6.09 Å². The van der Waals surface area contributed by atoms with Gasteiger partial charge in [-0.05, 0) is 44.8 Å². The second-order valence-corrected chi connectivity index (χ2v) is 5.71. The van der Waals surface area contributed by atoms with Gasteiger partial charge in [0.1, 0.15) is 5.60 Å². The normalized spacial score (nSPS) is 13.9. The molecule has 1 rings (SSSR count). The van der Waals surface area contributed by atoms with Crippen LogP contribution in [0.3, 0.4) is 0 Å². The molecule has 1 aliphatic carbocycles. The average molecular weight is 297 g/mol. The molecule has 0 aromatic carbocycles. The van der Waals surface area contributed by atoms with Crippen LogP contribution in [0.2, 0.25) is 0 Å². The fourth-order valence-corrected chi connectivity index (χ4v) is 1.59. The second-order valence-electron chi connectivity index (χ2n) is 5.71. The molecule has 0 heterocycles. The molecule has 0 unspecified atom stereocenters. The summed E-state index contributed by atoms with van der Waals surface area (Å²) in [5.74, 6) is 0.496. The molecule has 0 saturated carbocycles. The predicted molar refractivity (Wildman–Crippen MR) is 89.1 cm³/mol. The van der Waals surface area contributed by atoms with Crippen LogP contribution in [0.1, 0.15) is 54.9 Å². The van der Waals surface area contributed by atoms with Gasteiger partial charge < -0.3 is 10.2 Å². The lowest BCUT2D eigenvalue weighted by atomic mass is 10.0. The number of alkyl carbamates (subject to hydrolysis) is 1. The number of amides is 1. The molecular formula is C17H31NO3. The van der Waals surface area contributed by atoms with E-state index < -0.39 is 11.7 Å². The molecule has 0 bridgehead atoms. The summed E-state index contributed by atoms with van der Waals surface area (Å²) in [5, 5.41) is 2.75. The number of nitrogens with one attached hydrogen (secondary N) is 1. The quantitative estimate of drug-likeness (QED) is 0.832. The molecule has 0 spiro atoms. The largest absolute Gasteiger partial charge is 0.444 e. The van der Waals surface area contributed by atoms with E-state index in [1.165, 1.54) is 5.57 Å². The van der Waals surface area contributed by atoms with Crippen molar-refractivity contribution < 1.29 is 15.0 Å². The van der Waals surface area contributed by atoms with Gasteiger partial charge in [-0.15, -0.1) is 0 Å². The van der Waals surface area contributed by atoms with E-state index in [1.807, 2.05) is 52.8 Å². The average Bonchev–Trinajstić information content (AvgIpc) is 2.54. The third kappa shape index (κ3) is 9.91. The van der Waals surface area contributed by atoms with E-state index in [0.717, 1.165) is 12.1 Å². The Hall–Kier alpha value is -1.55. The first-order chi connectivity index (χ1) is 9.28. The highest BCUT2D eigenvalue weighted by Crippen LogP contribution is 2.16. The first kappa shape index (κ1) is 21.7. The molecule has 0 radical (unpaired) electrons.